The van der Waals surface area contributed by atoms with Gasteiger partial charge >= 0.3 is 23.2 Å². The Labute approximate surface area is 153 Å². The smallest absolute Gasteiger partial charge is 0.390 e. The molecular formula is C16H11ClF6N2O2. The van der Waals surface area contributed by atoms with Crippen LogP contribution in [0, 0.1) is 18.3 Å². The second-order valence-corrected chi connectivity index (χ2v) is 6.01. The summed E-state index contributed by atoms with van der Waals surface area (Å²) in [6.45, 7) is 2.52. The highest BCUT2D eigenvalue weighted by Gasteiger charge is 2.73. The summed E-state index contributed by atoms with van der Waals surface area (Å²) in [7, 11) is 0. The fourth-order valence-corrected chi connectivity index (χ4v) is 2.64. The van der Waals surface area contributed by atoms with E-state index in [1.54, 1.807) is 0 Å². The third-order valence-electron chi connectivity index (χ3n) is 3.73. The molecule has 0 aromatic carbocycles. The lowest BCUT2D eigenvalue weighted by atomic mass is 9.97. The second-order valence-electron chi connectivity index (χ2n) is 5.54. The Morgan fingerprint density at radius 3 is 2.33 bits per heavy atom. The number of carbonyl (C=O) groups is 1. The number of carbonyl (C=O) groups excluding carboxylic acids is 1. The molecule has 146 valence electrons. The molecule has 2 aromatic rings. The maximum atomic E-state index is 14.6. The number of rotatable bonds is 5. The molecule has 4 nitrogen and oxygen atoms in total. The van der Waals surface area contributed by atoms with E-state index in [9.17, 15) is 36.4 Å². The number of halogens is 7. The SMILES string of the molecule is CCOC(=O)c1c(C(F)(F)C(F)(F)C(F)(F)Cl)c(C#N)n2cc(C)ccc12. The molecule has 11 heteroatoms. The Hall–Kier alpha value is -2.41. The van der Waals surface area contributed by atoms with Gasteiger partial charge in [-0.15, -0.1) is 0 Å². The molecule has 0 unspecified atom stereocenters. The van der Waals surface area contributed by atoms with Crippen LogP contribution < -0.4 is 0 Å². The van der Waals surface area contributed by atoms with Crippen molar-refractivity contribution in [1.82, 2.24) is 4.40 Å². The van der Waals surface area contributed by atoms with E-state index in [1.165, 1.54) is 26.0 Å². The summed E-state index contributed by atoms with van der Waals surface area (Å²) < 4.78 is 88.3. The average molecular weight is 413 g/mol. The topological polar surface area (TPSA) is 54.5 Å². The van der Waals surface area contributed by atoms with Crippen molar-refractivity contribution >= 4 is 23.1 Å². The molecule has 0 saturated carbocycles. The van der Waals surface area contributed by atoms with Gasteiger partial charge in [0.15, 0.2) is 0 Å². The van der Waals surface area contributed by atoms with Crippen molar-refractivity contribution in [3.8, 4) is 6.07 Å². The lowest BCUT2D eigenvalue weighted by Gasteiger charge is -2.29. The third-order valence-corrected chi connectivity index (χ3v) is 3.97. The molecule has 2 rings (SSSR count). The largest absolute Gasteiger partial charge is 0.462 e. The van der Waals surface area contributed by atoms with Crippen LogP contribution in [0.1, 0.15) is 34.1 Å². The first-order chi connectivity index (χ1) is 12.3. The second kappa shape index (κ2) is 6.64. The van der Waals surface area contributed by atoms with Gasteiger partial charge in [0, 0.05) is 6.20 Å². The van der Waals surface area contributed by atoms with Crippen molar-refractivity contribution in [3.63, 3.8) is 0 Å². The molecule has 0 amide bonds. The monoisotopic (exact) mass is 412 g/mol. The van der Waals surface area contributed by atoms with Gasteiger partial charge in [0.1, 0.15) is 11.8 Å². The van der Waals surface area contributed by atoms with Gasteiger partial charge in [0.05, 0.1) is 23.3 Å². The van der Waals surface area contributed by atoms with Crippen molar-refractivity contribution in [2.24, 2.45) is 0 Å². The first-order valence-corrected chi connectivity index (χ1v) is 7.73. The molecule has 0 radical (unpaired) electrons. The van der Waals surface area contributed by atoms with Crippen molar-refractivity contribution in [2.75, 3.05) is 6.61 Å². The van der Waals surface area contributed by atoms with Crippen LogP contribution in [0.2, 0.25) is 0 Å². The maximum absolute atomic E-state index is 14.6. The number of hydrogen-bond donors (Lipinski definition) is 0. The zero-order valence-electron chi connectivity index (χ0n) is 13.8. The average Bonchev–Trinajstić information content (AvgIpc) is 2.87. The molecule has 0 N–H and O–H groups in total. The summed E-state index contributed by atoms with van der Waals surface area (Å²) in [5.41, 5.74) is -4.05. The number of esters is 1. The summed E-state index contributed by atoms with van der Waals surface area (Å²) in [4.78, 5) is 12.2. The van der Waals surface area contributed by atoms with Crippen LogP contribution in [0.3, 0.4) is 0 Å². The first-order valence-electron chi connectivity index (χ1n) is 7.36. The van der Waals surface area contributed by atoms with Crippen molar-refractivity contribution in [3.05, 3.63) is 40.7 Å². The minimum atomic E-state index is -6.10. The quantitative estimate of drug-likeness (QED) is 0.400. The Balaban J connectivity index is 3.00. The van der Waals surface area contributed by atoms with E-state index in [-0.39, 0.29) is 12.1 Å². The van der Waals surface area contributed by atoms with Gasteiger partial charge in [0.2, 0.25) is 0 Å². The van der Waals surface area contributed by atoms with Crippen LogP contribution in [0.4, 0.5) is 26.3 Å². The number of aromatic nitrogens is 1. The number of aryl methyl sites for hydroxylation is 1. The van der Waals surface area contributed by atoms with E-state index in [0.29, 0.717) is 5.56 Å². The predicted octanol–water partition coefficient (Wildman–Crippen LogP) is 4.85. The Morgan fingerprint density at radius 1 is 1.26 bits per heavy atom. The van der Waals surface area contributed by atoms with Gasteiger partial charge in [-0.2, -0.15) is 31.6 Å². The number of nitrogens with zero attached hydrogens (tertiary/aromatic N) is 2. The van der Waals surface area contributed by atoms with Crippen LogP contribution in [0.25, 0.3) is 5.52 Å². The summed E-state index contributed by atoms with van der Waals surface area (Å²) in [6, 6.07) is 3.73. The number of ether oxygens (including phenoxy) is 1. The molecule has 0 atom stereocenters. The number of alkyl halides is 7. The first kappa shape index (κ1) is 20.9. The van der Waals surface area contributed by atoms with Crippen molar-refractivity contribution < 1.29 is 35.9 Å². The number of fused-ring (bicyclic) bond motifs is 1. The molecule has 27 heavy (non-hydrogen) atoms. The highest BCUT2D eigenvalue weighted by atomic mass is 35.5. The minimum absolute atomic E-state index is 0.309. The van der Waals surface area contributed by atoms with Gasteiger partial charge in [-0.1, -0.05) is 6.07 Å². The number of hydrogen-bond acceptors (Lipinski definition) is 3. The Morgan fingerprint density at radius 2 is 1.85 bits per heavy atom. The summed E-state index contributed by atoms with van der Waals surface area (Å²) in [6.07, 6.45) is 1.12. The molecule has 0 saturated heterocycles. The Kier molecular flexibility index (Phi) is 5.14. The molecule has 0 aliphatic heterocycles. The normalized spacial score (nSPS) is 12.9. The van der Waals surface area contributed by atoms with Crippen LogP contribution in [-0.4, -0.2) is 28.3 Å². The maximum Gasteiger partial charge on any atom is 0.390 e. The zero-order chi connectivity index (χ0) is 20.8. The van der Waals surface area contributed by atoms with Crippen LogP contribution in [0.5, 0.6) is 0 Å². The fourth-order valence-electron chi connectivity index (χ4n) is 2.52. The van der Waals surface area contributed by atoms with Gasteiger partial charge in [-0.25, -0.2) is 4.79 Å². The van der Waals surface area contributed by atoms with E-state index < -0.39 is 40.0 Å². The van der Waals surface area contributed by atoms with E-state index >= 15 is 0 Å². The van der Waals surface area contributed by atoms with E-state index in [4.69, 9.17) is 0 Å². The minimum Gasteiger partial charge on any atom is -0.462 e. The fraction of sp³-hybridized carbons (Fsp3) is 0.375. The third kappa shape index (κ3) is 3.10. The highest BCUT2D eigenvalue weighted by molar-refractivity contribution is 6.22. The van der Waals surface area contributed by atoms with E-state index in [2.05, 4.69) is 16.3 Å². The van der Waals surface area contributed by atoms with Crippen LogP contribution in [0.15, 0.2) is 18.3 Å². The molecule has 0 aliphatic rings. The van der Waals surface area contributed by atoms with Crippen molar-refractivity contribution in [2.45, 2.75) is 31.1 Å². The lowest BCUT2D eigenvalue weighted by Crippen LogP contribution is -2.50. The number of pyridine rings is 1. The standard InChI is InChI=1S/C16H11ClF6N2O2/c1-3-27-13(26)11-9-5-4-8(2)7-25(9)10(6-24)12(11)14(18,19)15(20,21)16(17,22)23/h4-5,7H,3H2,1-2H3. The van der Waals surface area contributed by atoms with Gasteiger partial charge in [0.25, 0.3) is 0 Å². The number of nitriles is 1. The van der Waals surface area contributed by atoms with E-state index in [0.717, 1.165) is 16.7 Å². The molecule has 0 bridgehead atoms. The predicted molar refractivity (Wildman–Crippen MR) is 82.4 cm³/mol. The van der Waals surface area contributed by atoms with Crippen LogP contribution >= 0.6 is 11.6 Å². The Bertz CT molecular complexity index is 943. The molecule has 2 aromatic heterocycles. The summed E-state index contributed by atoms with van der Waals surface area (Å²) in [5, 5.41) is 3.59. The zero-order valence-corrected chi connectivity index (χ0v) is 14.6. The molecule has 2 heterocycles. The van der Waals surface area contributed by atoms with E-state index in [1.807, 2.05) is 0 Å². The molecule has 0 fully saturated rings. The molecular weight excluding hydrogens is 402 g/mol. The molecule has 0 spiro atoms. The van der Waals surface area contributed by atoms with Gasteiger partial charge < -0.3 is 9.14 Å². The molecule has 0 aliphatic carbocycles. The lowest BCUT2D eigenvalue weighted by molar-refractivity contribution is -0.286. The van der Waals surface area contributed by atoms with Gasteiger partial charge in [-0.05, 0) is 37.1 Å². The van der Waals surface area contributed by atoms with Gasteiger partial charge in [-0.3, -0.25) is 0 Å². The van der Waals surface area contributed by atoms with Crippen molar-refractivity contribution in [1.29, 1.82) is 5.26 Å². The highest BCUT2D eigenvalue weighted by Crippen LogP contribution is 2.55. The summed E-state index contributed by atoms with van der Waals surface area (Å²) in [5.74, 6) is -13.2. The summed E-state index contributed by atoms with van der Waals surface area (Å²) >= 11 is 4.20. The van der Waals surface area contributed by atoms with Crippen LogP contribution in [-0.2, 0) is 10.7 Å².